The zero-order valence-corrected chi connectivity index (χ0v) is 10.3. The van der Waals surface area contributed by atoms with Crippen molar-refractivity contribution in [1.29, 1.82) is 0 Å². The van der Waals surface area contributed by atoms with Gasteiger partial charge >= 0.3 is 0 Å². The van der Waals surface area contributed by atoms with E-state index in [1.54, 1.807) is 0 Å². The highest BCUT2D eigenvalue weighted by molar-refractivity contribution is 5.10. The SMILES string of the molecule is NC(C1=COCCC1)C1CCCCCCC1. The Morgan fingerprint density at radius 2 is 1.75 bits per heavy atom. The fraction of sp³-hybridized carbons (Fsp3) is 0.857. The van der Waals surface area contributed by atoms with E-state index in [-0.39, 0.29) is 6.04 Å². The van der Waals surface area contributed by atoms with Crippen molar-refractivity contribution in [3.8, 4) is 0 Å². The van der Waals surface area contributed by atoms with Crippen LogP contribution in [0.5, 0.6) is 0 Å². The topological polar surface area (TPSA) is 35.2 Å². The maximum absolute atomic E-state index is 6.40. The molecular weight excluding hydrogens is 198 g/mol. The summed E-state index contributed by atoms with van der Waals surface area (Å²) < 4.78 is 5.41. The van der Waals surface area contributed by atoms with Crippen LogP contribution in [0.15, 0.2) is 11.8 Å². The van der Waals surface area contributed by atoms with Crippen LogP contribution in [0.1, 0.15) is 57.8 Å². The van der Waals surface area contributed by atoms with Gasteiger partial charge in [-0.1, -0.05) is 32.1 Å². The van der Waals surface area contributed by atoms with Crippen LogP contribution in [0.2, 0.25) is 0 Å². The fourth-order valence-electron chi connectivity index (χ4n) is 2.98. The van der Waals surface area contributed by atoms with Gasteiger partial charge in [0.1, 0.15) is 0 Å². The molecule has 2 N–H and O–H groups in total. The second-order valence-electron chi connectivity index (χ2n) is 5.30. The molecule has 1 aliphatic carbocycles. The highest BCUT2D eigenvalue weighted by atomic mass is 16.5. The lowest BCUT2D eigenvalue weighted by molar-refractivity contribution is 0.214. The molecule has 2 heteroatoms. The van der Waals surface area contributed by atoms with E-state index in [4.69, 9.17) is 10.5 Å². The molecule has 92 valence electrons. The van der Waals surface area contributed by atoms with E-state index in [1.807, 2.05) is 6.26 Å². The molecule has 0 aromatic rings. The van der Waals surface area contributed by atoms with Gasteiger partial charge in [-0.25, -0.2) is 0 Å². The molecule has 0 aromatic carbocycles. The van der Waals surface area contributed by atoms with Gasteiger partial charge in [0.05, 0.1) is 12.9 Å². The first-order valence-corrected chi connectivity index (χ1v) is 6.94. The average Bonchev–Trinajstić information content (AvgIpc) is 2.29. The van der Waals surface area contributed by atoms with Crippen LogP contribution in [0, 0.1) is 5.92 Å². The molecule has 1 aliphatic heterocycles. The Morgan fingerprint density at radius 1 is 1.06 bits per heavy atom. The molecule has 1 saturated carbocycles. The van der Waals surface area contributed by atoms with Gasteiger partial charge < -0.3 is 10.5 Å². The minimum absolute atomic E-state index is 0.262. The first kappa shape index (κ1) is 12.0. The molecule has 0 saturated heterocycles. The Labute approximate surface area is 99.2 Å². The predicted molar refractivity (Wildman–Crippen MR) is 67.1 cm³/mol. The number of nitrogens with two attached hydrogens (primary N) is 1. The van der Waals surface area contributed by atoms with Crippen molar-refractivity contribution in [3.05, 3.63) is 11.8 Å². The molecule has 0 radical (unpaired) electrons. The van der Waals surface area contributed by atoms with E-state index in [0.29, 0.717) is 5.92 Å². The minimum atomic E-state index is 0.262. The zero-order chi connectivity index (χ0) is 11.2. The Hall–Kier alpha value is -0.500. The summed E-state index contributed by atoms with van der Waals surface area (Å²) in [6, 6.07) is 0.262. The molecular formula is C14H25NO. The van der Waals surface area contributed by atoms with E-state index < -0.39 is 0 Å². The van der Waals surface area contributed by atoms with Crippen LogP contribution in [-0.2, 0) is 4.74 Å². The first-order chi connectivity index (χ1) is 7.88. The number of rotatable bonds is 2. The van der Waals surface area contributed by atoms with E-state index in [9.17, 15) is 0 Å². The van der Waals surface area contributed by atoms with Gasteiger partial charge in [0.2, 0.25) is 0 Å². The van der Waals surface area contributed by atoms with Crippen molar-refractivity contribution in [3.63, 3.8) is 0 Å². The molecule has 2 nitrogen and oxygen atoms in total. The summed E-state index contributed by atoms with van der Waals surface area (Å²) in [6.07, 6.45) is 13.8. The van der Waals surface area contributed by atoms with Gasteiger partial charge in [-0.15, -0.1) is 0 Å². The quantitative estimate of drug-likeness (QED) is 0.779. The van der Waals surface area contributed by atoms with E-state index in [0.717, 1.165) is 19.4 Å². The standard InChI is InChI=1S/C14H25NO/c15-14(13-9-6-10-16-11-13)12-7-4-2-1-3-5-8-12/h11-12,14H,1-10,15H2. The molecule has 0 aromatic heterocycles. The summed E-state index contributed by atoms with van der Waals surface area (Å²) in [7, 11) is 0. The summed E-state index contributed by atoms with van der Waals surface area (Å²) in [5, 5.41) is 0. The Kier molecular flexibility index (Phi) is 4.70. The highest BCUT2D eigenvalue weighted by Crippen LogP contribution is 2.29. The summed E-state index contributed by atoms with van der Waals surface area (Å²) in [6.45, 7) is 0.876. The lowest BCUT2D eigenvalue weighted by Crippen LogP contribution is -2.33. The van der Waals surface area contributed by atoms with Crippen molar-refractivity contribution < 1.29 is 4.74 Å². The third kappa shape index (κ3) is 3.24. The smallest absolute Gasteiger partial charge is 0.0876 e. The molecule has 1 fully saturated rings. The normalized spacial score (nSPS) is 26.2. The second-order valence-corrected chi connectivity index (χ2v) is 5.30. The third-order valence-corrected chi connectivity index (χ3v) is 4.05. The van der Waals surface area contributed by atoms with Gasteiger partial charge in [0, 0.05) is 6.04 Å². The summed E-state index contributed by atoms with van der Waals surface area (Å²) >= 11 is 0. The fourth-order valence-corrected chi connectivity index (χ4v) is 2.98. The van der Waals surface area contributed by atoms with E-state index >= 15 is 0 Å². The van der Waals surface area contributed by atoms with Gasteiger partial charge in [-0.2, -0.15) is 0 Å². The number of hydrogen-bond acceptors (Lipinski definition) is 2. The monoisotopic (exact) mass is 223 g/mol. The predicted octanol–water partition coefficient (Wildman–Crippen LogP) is 3.37. The second kappa shape index (κ2) is 6.29. The molecule has 0 amide bonds. The van der Waals surface area contributed by atoms with Crippen LogP contribution >= 0.6 is 0 Å². The highest BCUT2D eigenvalue weighted by Gasteiger charge is 2.23. The Balaban J connectivity index is 1.90. The lowest BCUT2D eigenvalue weighted by Gasteiger charge is -2.29. The molecule has 16 heavy (non-hydrogen) atoms. The van der Waals surface area contributed by atoms with Crippen LogP contribution in [0.25, 0.3) is 0 Å². The molecule has 1 unspecified atom stereocenters. The lowest BCUT2D eigenvalue weighted by atomic mass is 9.82. The van der Waals surface area contributed by atoms with Crippen LogP contribution < -0.4 is 5.73 Å². The molecule has 1 heterocycles. The van der Waals surface area contributed by atoms with Crippen LogP contribution in [-0.4, -0.2) is 12.6 Å². The van der Waals surface area contributed by atoms with Gasteiger partial charge in [0.15, 0.2) is 0 Å². The van der Waals surface area contributed by atoms with Crippen molar-refractivity contribution in [2.45, 2.75) is 63.8 Å². The van der Waals surface area contributed by atoms with Gasteiger partial charge in [-0.3, -0.25) is 0 Å². The van der Waals surface area contributed by atoms with Crippen LogP contribution in [0.4, 0.5) is 0 Å². The number of hydrogen-bond donors (Lipinski definition) is 1. The maximum Gasteiger partial charge on any atom is 0.0876 e. The summed E-state index contributed by atoms with van der Waals surface area (Å²) in [5.41, 5.74) is 7.75. The van der Waals surface area contributed by atoms with Crippen molar-refractivity contribution in [1.82, 2.24) is 0 Å². The molecule has 0 spiro atoms. The minimum Gasteiger partial charge on any atom is -0.501 e. The zero-order valence-electron chi connectivity index (χ0n) is 10.3. The molecule has 1 atom stereocenters. The largest absolute Gasteiger partial charge is 0.501 e. The maximum atomic E-state index is 6.40. The Morgan fingerprint density at radius 3 is 2.38 bits per heavy atom. The average molecular weight is 223 g/mol. The van der Waals surface area contributed by atoms with Crippen molar-refractivity contribution in [2.75, 3.05) is 6.61 Å². The summed E-state index contributed by atoms with van der Waals surface area (Å²) in [4.78, 5) is 0. The van der Waals surface area contributed by atoms with Crippen molar-refractivity contribution >= 4 is 0 Å². The summed E-state index contributed by atoms with van der Waals surface area (Å²) in [5.74, 6) is 0.702. The van der Waals surface area contributed by atoms with Crippen molar-refractivity contribution in [2.24, 2.45) is 11.7 Å². The molecule has 2 aliphatic rings. The number of ether oxygens (including phenoxy) is 1. The molecule has 2 rings (SSSR count). The molecule has 0 bridgehead atoms. The Bertz CT molecular complexity index is 229. The van der Waals surface area contributed by atoms with Gasteiger partial charge in [-0.05, 0) is 37.2 Å². The third-order valence-electron chi connectivity index (χ3n) is 4.05. The van der Waals surface area contributed by atoms with E-state index in [2.05, 4.69) is 0 Å². The van der Waals surface area contributed by atoms with E-state index in [1.165, 1.54) is 50.5 Å². The van der Waals surface area contributed by atoms with Crippen LogP contribution in [0.3, 0.4) is 0 Å². The first-order valence-electron chi connectivity index (χ1n) is 6.94. The van der Waals surface area contributed by atoms with Gasteiger partial charge in [0.25, 0.3) is 0 Å².